The van der Waals surface area contributed by atoms with E-state index in [1.807, 2.05) is 0 Å². The number of fused-ring (bicyclic) bond motifs is 5. The molecule has 3 fully saturated rings. The molecular weight excluding hydrogens is 292 g/mol. The highest BCUT2D eigenvalue weighted by Crippen LogP contribution is 2.64. The van der Waals surface area contributed by atoms with Crippen LogP contribution in [0.25, 0.3) is 0 Å². The molecule has 0 aromatic rings. The van der Waals surface area contributed by atoms with E-state index in [1.165, 1.54) is 44.1 Å². The van der Waals surface area contributed by atoms with E-state index in [-0.39, 0.29) is 0 Å². The van der Waals surface area contributed by atoms with Crippen molar-refractivity contribution in [1.82, 2.24) is 0 Å². The molecule has 1 nitrogen and oxygen atoms in total. The van der Waals surface area contributed by atoms with Gasteiger partial charge in [0.05, 0.1) is 5.60 Å². The molecule has 0 heterocycles. The van der Waals surface area contributed by atoms with Gasteiger partial charge in [-0.1, -0.05) is 37.6 Å². The molecule has 4 aliphatic rings. The van der Waals surface area contributed by atoms with Gasteiger partial charge in [-0.15, -0.1) is 0 Å². The molecule has 1 N–H and O–H groups in total. The molecule has 134 valence electrons. The van der Waals surface area contributed by atoms with Crippen molar-refractivity contribution in [3.8, 4) is 0 Å². The Morgan fingerprint density at radius 3 is 2.71 bits per heavy atom. The van der Waals surface area contributed by atoms with Gasteiger partial charge in [-0.05, 0) is 99.7 Å². The molecule has 0 aliphatic heterocycles. The third-order valence-electron chi connectivity index (χ3n) is 8.84. The number of aliphatic hydroxyl groups is 1. The summed E-state index contributed by atoms with van der Waals surface area (Å²) in [6.45, 7) is 11.3. The molecule has 0 amide bonds. The highest BCUT2D eigenvalue weighted by atomic mass is 16.3. The van der Waals surface area contributed by atoms with E-state index in [0.29, 0.717) is 5.41 Å². The summed E-state index contributed by atoms with van der Waals surface area (Å²) in [6.07, 6.45) is 13.5. The smallest absolute Gasteiger partial charge is 0.0682 e. The zero-order chi connectivity index (χ0) is 17.1. The molecule has 0 aromatic heterocycles. The predicted octanol–water partition coefficient (Wildman–Crippen LogP) is 5.89. The lowest BCUT2D eigenvalue weighted by Crippen LogP contribution is -2.47. The Kier molecular flexibility index (Phi) is 4.03. The van der Waals surface area contributed by atoms with E-state index in [9.17, 15) is 5.11 Å². The summed E-state index contributed by atoms with van der Waals surface area (Å²) < 4.78 is 0. The maximum absolute atomic E-state index is 10.8. The van der Waals surface area contributed by atoms with Gasteiger partial charge in [0.15, 0.2) is 0 Å². The van der Waals surface area contributed by atoms with Crippen molar-refractivity contribution >= 4 is 0 Å². The topological polar surface area (TPSA) is 20.2 Å². The average Bonchev–Trinajstić information content (AvgIpc) is 2.91. The van der Waals surface area contributed by atoms with Gasteiger partial charge in [-0.25, -0.2) is 0 Å². The van der Waals surface area contributed by atoms with Crippen molar-refractivity contribution in [2.24, 2.45) is 35.0 Å². The van der Waals surface area contributed by atoms with Crippen LogP contribution in [0.3, 0.4) is 0 Å². The van der Waals surface area contributed by atoms with Gasteiger partial charge in [-0.2, -0.15) is 0 Å². The Morgan fingerprint density at radius 2 is 2.00 bits per heavy atom. The van der Waals surface area contributed by atoms with Crippen LogP contribution in [-0.2, 0) is 0 Å². The second-order valence-electron chi connectivity index (χ2n) is 9.87. The molecule has 0 aromatic carbocycles. The van der Waals surface area contributed by atoms with Crippen molar-refractivity contribution in [2.45, 2.75) is 84.2 Å². The van der Waals surface area contributed by atoms with Crippen LogP contribution in [0.1, 0.15) is 78.6 Å². The summed E-state index contributed by atoms with van der Waals surface area (Å²) in [7, 11) is 0. The Hall–Kier alpha value is -0.560. The van der Waals surface area contributed by atoms with Crippen LogP contribution < -0.4 is 0 Å². The molecule has 3 saturated carbocycles. The Morgan fingerprint density at radius 1 is 1.21 bits per heavy atom. The summed E-state index contributed by atoms with van der Waals surface area (Å²) in [6, 6.07) is 0. The molecule has 0 radical (unpaired) electrons. The lowest BCUT2D eigenvalue weighted by atomic mass is 9.51. The summed E-state index contributed by atoms with van der Waals surface area (Å²) in [5.41, 5.74) is 3.15. The molecule has 1 heteroatoms. The van der Waals surface area contributed by atoms with Gasteiger partial charge in [-0.3, -0.25) is 0 Å². The Bertz CT molecular complexity index is 560. The van der Waals surface area contributed by atoms with E-state index >= 15 is 0 Å². The molecule has 0 spiro atoms. The SMILES string of the molecule is C=C(C)[C@H]1CC[C@H]2[C@@H]3CC=C4C[C@](O)(CC)CC[C@@H]4[C@H]3CC[C@]12C. The fraction of sp³-hybridized carbons (Fsp3) is 0.826. The molecule has 0 saturated heterocycles. The molecule has 7 atom stereocenters. The van der Waals surface area contributed by atoms with E-state index in [0.717, 1.165) is 48.9 Å². The molecule has 0 bridgehead atoms. The molecule has 4 rings (SSSR count). The van der Waals surface area contributed by atoms with Crippen LogP contribution in [0.5, 0.6) is 0 Å². The fourth-order valence-electron chi connectivity index (χ4n) is 7.48. The van der Waals surface area contributed by atoms with E-state index in [2.05, 4.69) is 33.4 Å². The van der Waals surface area contributed by atoms with Crippen molar-refractivity contribution < 1.29 is 5.11 Å². The minimum atomic E-state index is -0.406. The normalized spacial score (nSPS) is 50.5. The van der Waals surface area contributed by atoms with Crippen LogP contribution in [0, 0.1) is 35.0 Å². The second-order valence-corrected chi connectivity index (χ2v) is 9.87. The molecule has 24 heavy (non-hydrogen) atoms. The standard InChI is InChI=1S/C23H36O/c1-5-23(24)13-11-17-16(14-23)6-7-19-18(17)10-12-22(4)20(15(2)3)8-9-21(19)22/h6,17-21,24H,2,5,7-14H2,1,3-4H3/t17-,18+,19+,20+,21-,22+,23-/m0/s1. The lowest BCUT2D eigenvalue weighted by molar-refractivity contribution is -0.0366. The van der Waals surface area contributed by atoms with Crippen molar-refractivity contribution in [3.63, 3.8) is 0 Å². The fourth-order valence-corrected chi connectivity index (χ4v) is 7.48. The first-order valence-corrected chi connectivity index (χ1v) is 10.4. The largest absolute Gasteiger partial charge is 0.390 e. The quantitative estimate of drug-likeness (QED) is 0.626. The minimum Gasteiger partial charge on any atom is -0.390 e. The maximum Gasteiger partial charge on any atom is 0.0682 e. The van der Waals surface area contributed by atoms with Crippen molar-refractivity contribution in [3.05, 3.63) is 23.8 Å². The Labute approximate surface area is 148 Å². The maximum atomic E-state index is 10.8. The molecule has 4 aliphatic carbocycles. The predicted molar refractivity (Wildman–Crippen MR) is 101 cm³/mol. The van der Waals surface area contributed by atoms with Crippen LogP contribution in [0.2, 0.25) is 0 Å². The number of hydrogen-bond acceptors (Lipinski definition) is 1. The minimum absolute atomic E-state index is 0.406. The van der Waals surface area contributed by atoms with E-state index in [1.54, 1.807) is 5.57 Å². The average molecular weight is 329 g/mol. The third-order valence-corrected chi connectivity index (χ3v) is 8.84. The van der Waals surface area contributed by atoms with Crippen LogP contribution in [-0.4, -0.2) is 10.7 Å². The first kappa shape index (κ1) is 16.9. The first-order valence-electron chi connectivity index (χ1n) is 10.4. The summed E-state index contributed by atoms with van der Waals surface area (Å²) in [5.74, 6) is 4.24. The van der Waals surface area contributed by atoms with Gasteiger partial charge in [0.2, 0.25) is 0 Å². The first-order chi connectivity index (χ1) is 11.4. The highest BCUT2D eigenvalue weighted by Gasteiger charge is 2.56. The third kappa shape index (κ3) is 2.37. The summed E-state index contributed by atoms with van der Waals surface area (Å²) in [4.78, 5) is 0. The van der Waals surface area contributed by atoms with Gasteiger partial charge in [0.1, 0.15) is 0 Å². The number of hydrogen-bond donors (Lipinski definition) is 1. The number of rotatable bonds is 2. The van der Waals surface area contributed by atoms with Gasteiger partial charge >= 0.3 is 0 Å². The van der Waals surface area contributed by atoms with Gasteiger partial charge < -0.3 is 5.11 Å². The van der Waals surface area contributed by atoms with Crippen molar-refractivity contribution in [2.75, 3.05) is 0 Å². The van der Waals surface area contributed by atoms with Gasteiger partial charge in [0, 0.05) is 0 Å². The second kappa shape index (κ2) is 5.73. The van der Waals surface area contributed by atoms with E-state index in [4.69, 9.17) is 0 Å². The summed E-state index contributed by atoms with van der Waals surface area (Å²) in [5, 5.41) is 10.8. The zero-order valence-electron chi connectivity index (χ0n) is 16.0. The number of allylic oxidation sites excluding steroid dienone is 2. The lowest BCUT2D eigenvalue weighted by Gasteiger charge is -2.54. The van der Waals surface area contributed by atoms with E-state index < -0.39 is 5.60 Å². The van der Waals surface area contributed by atoms with Crippen LogP contribution in [0.15, 0.2) is 23.8 Å². The van der Waals surface area contributed by atoms with Crippen LogP contribution >= 0.6 is 0 Å². The molecular formula is C23H36O. The van der Waals surface area contributed by atoms with Gasteiger partial charge in [0.25, 0.3) is 0 Å². The van der Waals surface area contributed by atoms with Crippen LogP contribution in [0.4, 0.5) is 0 Å². The highest BCUT2D eigenvalue weighted by molar-refractivity contribution is 5.23. The summed E-state index contributed by atoms with van der Waals surface area (Å²) >= 11 is 0. The van der Waals surface area contributed by atoms with Crippen molar-refractivity contribution in [1.29, 1.82) is 0 Å². The Balaban J connectivity index is 1.59. The zero-order valence-corrected chi connectivity index (χ0v) is 16.0. The molecule has 0 unspecified atom stereocenters. The monoisotopic (exact) mass is 328 g/mol.